The average Bonchev–Trinajstić information content (AvgIpc) is 3.24. The lowest BCUT2D eigenvalue weighted by Gasteiger charge is -2.26. The van der Waals surface area contributed by atoms with Crippen LogP contribution >= 0.6 is 11.3 Å². The fourth-order valence-corrected chi connectivity index (χ4v) is 6.40. The summed E-state index contributed by atoms with van der Waals surface area (Å²) in [5, 5.41) is 11.4. The molecule has 2 aromatic carbocycles. The van der Waals surface area contributed by atoms with Gasteiger partial charge in [0.25, 0.3) is 0 Å². The molecular weight excluding hydrogens is 476 g/mol. The molecule has 1 N–H and O–H groups in total. The number of aromatic nitrogens is 2. The van der Waals surface area contributed by atoms with Crippen molar-refractivity contribution in [3.05, 3.63) is 75.9 Å². The van der Waals surface area contributed by atoms with E-state index in [2.05, 4.69) is 47.3 Å². The first-order valence-electron chi connectivity index (χ1n) is 12.8. The Balaban J connectivity index is 1.65. The normalized spacial score (nSPS) is 14.6. The van der Waals surface area contributed by atoms with Crippen LogP contribution in [0, 0.1) is 26.2 Å². The molecule has 0 spiro atoms. The molecule has 186 valence electrons. The van der Waals surface area contributed by atoms with Gasteiger partial charge in [0.2, 0.25) is 0 Å². The quantitative estimate of drug-likeness (QED) is 0.219. The predicted molar refractivity (Wildman–Crippen MR) is 153 cm³/mol. The second-order valence-corrected chi connectivity index (χ2v) is 11.1. The fraction of sp³-hybridized carbons (Fsp3) is 0.281. The molecule has 5 heteroatoms. The zero-order valence-corrected chi connectivity index (χ0v) is 22.3. The van der Waals surface area contributed by atoms with E-state index in [4.69, 9.17) is 11.4 Å². The molecule has 0 unspecified atom stereocenters. The number of benzene rings is 2. The Kier molecular flexibility index (Phi) is 6.95. The molecule has 1 aliphatic rings. The summed E-state index contributed by atoms with van der Waals surface area (Å²) < 4.78 is 0. The van der Waals surface area contributed by atoms with E-state index in [1.54, 1.807) is 11.3 Å². The van der Waals surface area contributed by atoms with Crippen molar-refractivity contribution in [2.24, 2.45) is 0 Å². The van der Waals surface area contributed by atoms with Crippen molar-refractivity contribution in [2.75, 3.05) is 0 Å². The molecule has 1 fully saturated rings. The third kappa shape index (κ3) is 5.08. The number of hydrogen-bond acceptors (Lipinski definition) is 4. The number of aryl methyl sites for hydroxylation is 2. The van der Waals surface area contributed by atoms with Gasteiger partial charge in [0.15, 0.2) is 0 Å². The molecule has 0 saturated heterocycles. The van der Waals surface area contributed by atoms with Crippen molar-refractivity contribution in [1.82, 2.24) is 9.97 Å². The summed E-state index contributed by atoms with van der Waals surface area (Å²) in [7, 11) is 0. The summed E-state index contributed by atoms with van der Waals surface area (Å²) in [5.41, 5.74) is 8.66. The van der Waals surface area contributed by atoms with Gasteiger partial charge in [0.05, 0.1) is 26.8 Å². The minimum Gasteiger partial charge on any atom is -0.478 e. The molecule has 4 aromatic rings. The van der Waals surface area contributed by atoms with Gasteiger partial charge in [-0.3, -0.25) is 0 Å². The Morgan fingerprint density at radius 3 is 2.54 bits per heavy atom. The minimum absolute atomic E-state index is 0.405. The minimum atomic E-state index is -0.951. The zero-order chi connectivity index (χ0) is 26.1. The Labute approximate surface area is 222 Å². The van der Waals surface area contributed by atoms with Gasteiger partial charge >= 0.3 is 5.97 Å². The third-order valence-corrected chi connectivity index (χ3v) is 8.37. The van der Waals surface area contributed by atoms with E-state index in [0.29, 0.717) is 11.5 Å². The van der Waals surface area contributed by atoms with Crippen molar-refractivity contribution in [3.63, 3.8) is 0 Å². The van der Waals surface area contributed by atoms with Crippen LogP contribution in [0.25, 0.3) is 38.2 Å². The summed E-state index contributed by atoms with van der Waals surface area (Å²) in [6.45, 7) is 5.88. The van der Waals surface area contributed by atoms with Crippen LogP contribution in [0.15, 0.2) is 48.5 Å². The van der Waals surface area contributed by atoms with Crippen molar-refractivity contribution < 1.29 is 9.90 Å². The van der Waals surface area contributed by atoms with Crippen molar-refractivity contribution in [3.8, 4) is 34.0 Å². The van der Waals surface area contributed by atoms with Crippen molar-refractivity contribution in [2.45, 2.75) is 58.8 Å². The molecule has 0 bridgehead atoms. The first-order chi connectivity index (χ1) is 17.8. The Bertz CT molecular complexity index is 1580. The van der Waals surface area contributed by atoms with Gasteiger partial charge in [-0.05, 0) is 86.1 Å². The van der Waals surface area contributed by atoms with Crippen LogP contribution in [0.3, 0.4) is 0 Å². The number of carbonyl (C=O) groups is 1. The third-order valence-electron chi connectivity index (χ3n) is 7.28. The molecule has 1 aliphatic carbocycles. The Morgan fingerprint density at radius 2 is 1.86 bits per heavy atom. The lowest BCUT2D eigenvalue weighted by molar-refractivity contribution is -0.131. The molecule has 2 aromatic heterocycles. The largest absolute Gasteiger partial charge is 0.478 e. The highest BCUT2D eigenvalue weighted by molar-refractivity contribution is 7.15. The molecule has 2 heterocycles. The predicted octanol–water partition coefficient (Wildman–Crippen LogP) is 8.16. The maximum atomic E-state index is 11.3. The zero-order valence-electron chi connectivity index (χ0n) is 21.5. The maximum absolute atomic E-state index is 11.3. The number of allylic oxidation sites excluding steroid dienone is 1. The van der Waals surface area contributed by atoms with E-state index in [1.807, 2.05) is 26.8 Å². The van der Waals surface area contributed by atoms with E-state index in [-0.39, 0.29) is 0 Å². The second-order valence-electron chi connectivity index (χ2n) is 9.88. The number of carboxylic acids is 1. The van der Waals surface area contributed by atoms with Gasteiger partial charge in [-0.1, -0.05) is 43.4 Å². The molecule has 1 saturated carbocycles. The SMILES string of the molecule is C#Cc1cc(/C(C)=C\C(=O)O)cc(C2CCCCC2)c1-c1ccc2nc(-c3sc(C)nc3C)ccc2c1. The lowest BCUT2D eigenvalue weighted by Crippen LogP contribution is -2.08. The monoisotopic (exact) mass is 506 g/mol. The average molecular weight is 507 g/mol. The van der Waals surface area contributed by atoms with Crippen LogP contribution in [0.2, 0.25) is 0 Å². The fourth-order valence-electron chi connectivity index (χ4n) is 5.51. The van der Waals surface area contributed by atoms with Crippen LogP contribution in [0.1, 0.15) is 72.3 Å². The highest BCUT2D eigenvalue weighted by Crippen LogP contribution is 2.42. The van der Waals surface area contributed by atoms with Crippen molar-refractivity contribution in [1.29, 1.82) is 0 Å². The van der Waals surface area contributed by atoms with E-state index >= 15 is 0 Å². The lowest BCUT2D eigenvalue weighted by atomic mass is 9.78. The first kappa shape index (κ1) is 24.9. The standard InChI is InChI=1S/C32H30N2O2S/c1-5-22-16-26(19(2)15-30(35)36)18-27(23-9-7-6-8-10-23)31(22)25-12-13-28-24(17-25)11-14-29(34-28)32-20(3)33-21(4)37-32/h1,11-18,23H,6-10H2,2-4H3,(H,35,36)/b19-15-. The van der Waals surface area contributed by atoms with Crippen LogP contribution < -0.4 is 0 Å². The van der Waals surface area contributed by atoms with Crippen molar-refractivity contribution >= 4 is 33.8 Å². The van der Waals surface area contributed by atoms with E-state index in [0.717, 1.165) is 67.3 Å². The summed E-state index contributed by atoms with van der Waals surface area (Å²) in [6.07, 6.45) is 13.2. The second kappa shape index (κ2) is 10.3. The van der Waals surface area contributed by atoms with Gasteiger partial charge in [-0.15, -0.1) is 17.8 Å². The van der Waals surface area contributed by atoms with Crippen LogP contribution in [0.5, 0.6) is 0 Å². The van der Waals surface area contributed by atoms with E-state index in [1.165, 1.54) is 30.9 Å². The number of thiazole rings is 1. The van der Waals surface area contributed by atoms with E-state index in [9.17, 15) is 9.90 Å². The smallest absolute Gasteiger partial charge is 0.328 e. The number of carboxylic acid groups (broad SMARTS) is 1. The highest BCUT2D eigenvalue weighted by atomic mass is 32.1. The number of aliphatic carboxylic acids is 1. The molecule has 0 atom stereocenters. The molecule has 37 heavy (non-hydrogen) atoms. The molecule has 0 amide bonds. The number of nitrogens with zero attached hydrogens (tertiary/aromatic N) is 2. The van der Waals surface area contributed by atoms with Gasteiger partial charge in [-0.25, -0.2) is 14.8 Å². The molecule has 0 aliphatic heterocycles. The van der Waals surface area contributed by atoms with Gasteiger partial charge in [0, 0.05) is 22.6 Å². The summed E-state index contributed by atoms with van der Waals surface area (Å²) >= 11 is 1.67. The van der Waals surface area contributed by atoms with E-state index < -0.39 is 5.97 Å². The highest BCUT2D eigenvalue weighted by Gasteiger charge is 2.23. The summed E-state index contributed by atoms with van der Waals surface area (Å²) in [6, 6.07) is 14.7. The maximum Gasteiger partial charge on any atom is 0.328 e. The first-order valence-corrected chi connectivity index (χ1v) is 13.6. The summed E-state index contributed by atoms with van der Waals surface area (Å²) in [5.74, 6) is 2.37. The number of terminal acetylenes is 1. The number of hydrogen-bond donors (Lipinski definition) is 1. The Morgan fingerprint density at radius 1 is 1.08 bits per heavy atom. The van der Waals surface area contributed by atoms with Crippen LogP contribution in [-0.2, 0) is 4.79 Å². The molecule has 4 nitrogen and oxygen atoms in total. The van der Waals surface area contributed by atoms with Gasteiger partial charge in [-0.2, -0.15) is 0 Å². The number of pyridine rings is 1. The van der Waals surface area contributed by atoms with Gasteiger partial charge in [0.1, 0.15) is 0 Å². The number of rotatable bonds is 5. The molecule has 0 radical (unpaired) electrons. The summed E-state index contributed by atoms with van der Waals surface area (Å²) in [4.78, 5) is 21.9. The topological polar surface area (TPSA) is 63.1 Å². The Hall–Kier alpha value is -3.75. The molecule has 5 rings (SSSR count). The van der Waals surface area contributed by atoms with Crippen LogP contribution in [-0.4, -0.2) is 21.0 Å². The molecular formula is C32H30N2O2S. The van der Waals surface area contributed by atoms with Gasteiger partial charge < -0.3 is 5.11 Å². The van der Waals surface area contributed by atoms with Crippen LogP contribution in [0.4, 0.5) is 0 Å². The number of fused-ring (bicyclic) bond motifs is 1.